The topological polar surface area (TPSA) is 142 Å². The number of aliphatic carboxylic acids is 1. The molecule has 2 rings (SSSR count). The van der Waals surface area contributed by atoms with Crippen molar-refractivity contribution >= 4 is 17.8 Å². The number of benzene rings is 1. The molecule has 0 spiro atoms. The van der Waals surface area contributed by atoms with Gasteiger partial charge in [0.15, 0.2) is 0 Å². The second kappa shape index (κ2) is 13.6. The molecule has 2 amide bonds. The third-order valence-electron chi connectivity index (χ3n) is 4.80. The van der Waals surface area contributed by atoms with E-state index in [9.17, 15) is 27.9 Å². The van der Waals surface area contributed by atoms with Gasteiger partial charge >= 0.3 is 12.1 Å². The molecule has 1 aliphatic rings. The average Bonchev–Trinajstić information content (AvgIpc) is 3.14. The molecule has 1 aromatic carbocycles. The Labute approximate surface area is 190 Å². The highest BCUT2D eigenvalue weighted by Gasteiger charge is 2.38. The summed E-state index contributed by atoms with van der Waals surface area (Å²) in [5.41, 5.74) is 6.80. The van der Waals surface area contributed by atoms with Crippen LogP contribution >= 0.6 is 0 Å². The summed E-state index contributed by atoms with van der Waals surface area (Å²) in [7, 11) is 0. The molecular weight excluding hydrogens is 443 g/mol. The lowest BCUT2D eigenvalue weighted by Gasteiger charge is -2.17. The summed E-state index contributed by atoms with van der Waals surface area (Å²) in [5.74, 6) is -3.21. The van der Waals surface area contributed by atoms with E-state index in [1.165, 1.54) is 11.6 Å². The molecule has 0 unspecified atom stereocenters. The minimum atomic E-state index is -5.08. The molecule has 11 heteroatoms. The maximum Gasteiger partial charge on any atom is 0.490 e. The van der Waals surface area contributed by atoms with Crippen LogP contribution in [-0.2, 0) is 20.8 Å². The molecule has 0 heterocycles. The SMILES string of the molecule is C[C@H](N)C(=O)N[C@H](/C=C/C(=O)N[C@H]1CC[C@H](O)C1)CCc1ccccc1.O=C(O)C(F)(F)F. The number of carbonyl (C=O) groups is 3. The number of hydrogen-bond acceptors (Lipinski definition) is 5. The van der Waals surface area contributed by atoms with E-state index in [-0.39, 0.29) is 30.0 Å². The number of amides is 2. The third-order valence-corrected chi connectivity index (χ3v) is 4.80. The van der Waals surface area contributed by atoms with Crippen molar-refractivity contribution in [2.24, 2.45) is 5.73 Å². The molecule has 0 radical (unpaired) electrons. The largest absolute Gasteiger partial charge is 0.490 e. The number of alkyl halides is 3. The van der Waals surface area contributed by atoms with Crippen molar-refractivity contribution in [3.63, 3.8) is 0 Å². The van der Waals surface area contributed by atoms with Gasteiger partial charge in [0.05, 0.1) is 12.1 Å². The van der Waals surface area contributed by atoms with E-state index in [2.05, 4.69) is 10.6 Å². The van der Waals surface area contributed by atoms with Crippen LogP contribution in [0.3, 0.4) is 0 Å². The molecule has 0 bridgehead atoms. The second-order valence-electron chi connectivity index (χ2n) is 7.76. The highest BCUT2D eigenvalue weighted by Crippen LogP contribution is 2.18. The molecule has 1 fully saturated rings. The van der Waals surface area contributed by atoms with E-state index in [1.54, 1.807) is 13.0 Å². The smallest absolute Gasteiger partial charge is 0.475 e. The first-order chi connectivity index (χ1) is 15.4. The number of carboxylic acid groups (broad SMARTS) is 1. The van der Waals surface area contributed by atoms with Crippen molar-refractivity contribution < 1.29 is 37.8 Å². The van der Waals surface area contributed by atoms with Crippen molar-refractivity contribution in [1.29, 1.82) is 0 Å². The van der Waals surface area contributed by atoms with E-state index in [0.29, 0.717) is 12.8 Å². The number of nitrogens with two attached hydrogens (primary N) is 1. The van der Waals surface area contributed by atoms with E-state index >= 15 is 0 Å². The minimum Gasteiger partial charge on any atom is -0.475 e. The zero-order valence-corrected chi connectivity index (χ0v) is 18.2. The third kappa shape index (κ3) is 12.0. The van der Waals surface area contributed by atoms with Crippen LogP contribution in [0.5, 0.6) is 0 Å². The Bertz CT molecular complexity index is 800. The first kappa shape index (κ1) is 28.1. The van der Waals surface area contributed by atoms with Gasteiger partial charge in [0.25, 0.3) is 0 Å². The van der Waals surface area contributed by atoms with Crippen molar-refractivity contribution in [2.45, 2.75) is 69.4 Å². The summed E-state index contributed by atoms with van der Waals surface area (Å²) in [6.07, 6.45) is 1.33. The summed E-state index contributed by atoms with van der Waals surface area (Å²) in [6.45, 7) is 1.63. The van der Waals surface area contributed by atoms with E-state index in [1.807, 2.05) is 30.3 Å². The van der Waals surface area contributed by atoms with Crippen molar-refractivity contribution in [1.82, 2.24) is 10.6 Å². The molecule has 1 aliphatic carbocycles. The van der Waals surface area contributed by atoms with E-state index < -0.39 is 18.2 Å². The van der Waals surface area contributed by atoms with Crippen molar-refractivity contribution in [3.05, 3.63) is 48.0 Å². The standard InChI is InChI=1S/C20H29N3O3.C2HF3O2/c1-14(21)20(26)23-16(8-7-15-5-3-2-4-6-15)10-12-19(25)22-17-9-11-18(24)13-17;3-2(4,5)1(6)7/h2-6,10,12,14,16-18,24H,7-9,11,13,21H2,1H3,(H,22,25)(H,23,26);(H,6,7)/b12-10+;/t14-,16-,17-,18-;/m0./s1. The van der Waals surface area contributed by atoms with Gasteiger partial charge in [0.1, 0.15) is 0 Å². The molecule has 8 nitrogen and oxygen atoms in total. The van der Waals surface area contributed by atoms with E-state index in [0.717, 1.165) is 19.3 Å². The van der Waals surface area contributed by atoms with Crippen LogP contribution in [0.25, 0.3) is 0 Å². The highest BCUT2D eigenvalue weighted by molar-refractivity contribution is 5.88. The number of carboxylic acids is 1. The lowest BCUT2D eigenvalue weighted by molar-refractivity contribution is -0.192. The van der Waals surface area contributed by atoms with Gasteiger partial charge in [-0.15, -0.1) is 0 Å². The zero-order valence-electron chi connectivity index (χ0n) is 18.2. The molecule has 1 aromatic rings. The van der Waals surface area contributed by atoms with Gasteiger partial charge in [-0.2, -0.15) is 13.2 Å². The molecule has 0 aliphatic heterocycles. The average molecular weight is 473 g/mol. The molecule has 1 saturated carbocycles. The molecule has 184 valence electrons. The molecule has 0 saturated heterocycles. The summed E-state index contributed by atoms with van der Waals surface area (Å²) >= 11 is 0. The number of aliphatic hydroxyl groups excluding tert-OH is 1. The van der Waals surface area contributed by atoms with Crippen LogP contribution < -0.4 is 16.4 Å². The first-order valence-corrected chi connectivity index (χ1v) is 10.4. The van der Waals surface area contributed by atoms with Gasteiger partial charge in [-0.3, -0.25) is 9.59 Å². The Morgan fingerprint density at radius 1 is 1.21 bits per heavy atom. The van der Waals surface area contributed by atoms with Crippen LogP contribution in [0, 0.1) is 0 Å². The summed E-state index contributed by atoms with van der Waals surface area (Å²) in [5, 5.41) is 22.4. The second-order valence-corrected chi connectivity index (χ2v) is 7.76. The highest BCUT2D eigenvalue weighted by atomic mass is 19.4. The quantitative estimate of drug-likeness (QED) is 0.364. The summed E-state index contributed by atoms with van der Waals surface area (Å²) < 4.78 is 31.7. The predicted octanol–water partition coefficient (Wildman–Crippen LogP) is 1.67. The van der Waals surface area contributed by atoms with Crippen LogP contribution in [0.15, 0.2) is 42.5 Å². The Morgan fingerprint density at radius 2 is 1.82 bits per heavy atom. The van der Waals surface area contributed by atoms with Gasteiger partial charge < -0.3 is 26.6 Å². The molecule has 0 aromatic heterocycles. The minimum absolute atomic E-state index is 0.0172. The van der Waals surface area contributed by atoms with Crippen LogP contribution in [0.2, 0.25) is 0 Å². The fourth-order valence-electron chi connectivity index (χ4n) is 3.04. The molecule has 6 N–H and O–H groups in total. The summed E-state index contributed by atoms with van der Waals surface area (Å²) in [4.78, 5) is 32.9. The first-order valence-electron chi connectivity index (χ1n) is 10.4. The Morgan fingerprint density at radius 3 is 2.30 bits per heavy atom. The molecular formula is C22H30F3N3O5. The Kier molecular flexibility index (Phi) is 11.6. The Hall–Kier alpha value is -2.92. The van der Waals surface area contributed by atoms with Crippen molar-refractivity contribution in [3.8, 4) is 0 Å². The lowest BCUT2D eigenvalue weighted by Crippen LogP contribution is -2.43. The maximum absolute atomic E-state index is 12.1. The molecule has 33 heavy (non-hydrogen) atoms. The number of halogens is 3. The van der Waals surface area contributed by atoms with Crippen molar-refractivity contribution in [2.75, 3.05) is 0 Å². The molecule has 4 atom stereocenters. The summed E-state index contributed by atoms with van der Waals surface area (Å²) in [6, 6.07) is 9.13. The predicted molar refractivity (Wildman–Crippen MR) is 115 cm³/mol. The number of rotatable bonds is 8. The van der Waals surface area contributed by atoms with Gasteiger partial charge in [-0.25, -0.2) is 4.79 Å². The Balaban J connectivity index is 0.000000675. The van der Waals surface area contributed by atoms with Gasteiger partial charge in [-0.05, 0) is 44.6 Å². The fourth-order valence-corrected chi connectivity index (χ4v) is 3.04. The number of aliphatic hydroxyl groups is 1. The number of hydrogen-bond donors (Lipinski definition) is 5. The maximum atomic E-state index is 12.1. The van der Waals surface area contributed by atoms with Crippen LogP contribution in [-0.4, -0.2) is 58.4 Å². The van der Waals surface area contributed by atoms with Gasteiger partial charge in [-0.1, -0.05) is 36.4 Å². The number of nitrogens with one attached hydrogen (secondary N) is 2. The number of carbonyl (C=O) groups excluding carboxylic acids is 2. The zero-order chi connectivity index (χ0) is 25.0. The monoisotopic (exact) mass is 473 g/mol. The lowest BCUT2D eigenvalue weighted by atomic mass is 10.0. The van der Waals surface area contributed by atoms with Gasteiger partial charge in [0, 0.05) is 18.2 Å². The van der Waals surface area contributed by atoms with Gasteiger partial charge in [0.2, 0.25) is 11.8 Å². The van der Waals surface area contributed by atoms with Crippen LogP contribution in [0.4, 0.5) is 13.2 Å². The fraction of sp³-hybridized carbons (Fsp3) is 0.500. The number of aryl methyl sites for hydroxylation is 1. The van der Waals surface area contributed by atoms with Crippen LogP contribution in [0.1, 0.15) is 38.2 Å². The van der Waals surface area contributed by atoms with E-state index in [4.69, 9.17) is 15.6 Å². The normalized spacial score (nSPS) is 19.8.